The van der Waals surface area contributed by atoms with E-state index in [0.717, 1.165) is 30.9 Å². The molecule has 2 aromatic rings. The summed E-state index contributed by atoms with van der Waals surface area (Å²) in [6.45, 7) is 4.11. The van der Waals surface area contributed by atoms with Gasteiger partial charge in [0.15, 0.2) is 0 Å². The molecule has 0 radical (unpaired) electrons. The smallest absolute Gasteiger partial charge is 0.308 e. The third kappa shape index (κ3) is 3.00. The van der Waals surface area contributed by atoms with Crippen LogP contribution in [0.4, 0.5) is 16.2 Å². The van der Waals surface area contributed by atoms with Crippen molar-refractivity contribution in [2.75, 3.05) is 30.4 Å². The molecule has 0 aliphatic carbocycles. The molecule has 2 amide bonds. The molecule has 0 spiro atoms. The summed E-state index contributed by atoms with van der Waals surface area (Å²) in [7, 11) is 2.15. The standard InChI is InChI=1S/C20H22ClN3O/c1-13-3-8-18-16(11-13)17-12-23(2)10-9-19(17)24(18)20(25)22-15-6-4-14(21)5-7-15/h3-8,11,17,19H,9-10,12H2,1-2H3,(H,22,25)/t17-,19+/m0/s1. The molecule has 4 nitrogen and oxygen atoms in total. The predicted octanol–water partition coefficient (Wildman–Crippen LogP) is 4.49. The van der Waals surface area contributed by atoms with E-state index in [0.29, 0.717) is 10.9 Å². The largest absolute Gasteiger partial charge is 0.326 e. The van der Waals surface area contributed by atoms with Crippen LogP contribution in [0.25, 0.3) is 0 Å². The average molecular weight is 356 g/mol. The number of anilines is 2. The quantitative estimate of drug-likeness (QED) is 0.818. The maximum absolute atomic E-state index is 13.1. The molecule has 1 saturated heterocycles. The van der Waals surface area contributed by atoms with Gasteiger partial charge in [-0.3, -0.25) is 4.90 Å². The molecule has 2 heterocycles. The number of halogens is 1. The number of rotatable bonds is 1. The number of likely N-dealkylation sites (tertiary alicyclic amines) is 1. The Kier molecular flexibility index (Phi) is 4.18. The molecule has 130 valence electrons. The number of urea groups is 1. The SMILES string of the molecule is Cc1ccc2c(c1)[C@@H]1CN(C)CC[C@H]1N2C(=O)Nc1ccc(Cl)cc1. The van der Waals surface area contributed by atoms with E-state index in [-0.39, 0.29) is 12.1 Å². The lowest BCUT2D eigenvalue weighted by molar-refractivity contribution is 0.224. The van der Waals surface area contributed by atoms with Gasteiger partial charge in [-0.1, -0.05) is 29.3 Å². The second-order valence-electron chi connectivity index (χ2n) is 7.09. The molecule has 0 unspecified atom stereocenters. The molecular formula is C20H22ClN3O. The number of hydrogen-bond acceptors (Lipinski definition) is 2. The van der Waals surface area contributed by atoms with Crippen molar-refractivity contribution in [3.05, 3.63) is 58.6 Å². The first kappa shape index (κ1) is 16.4. The Hall–Kier alpha value is -2.04. The van der Waals surface area contributed by atoms with Crippen LogP contribution >= 0.6 is 11.6 Å². The number of hydrogen-bond donors (Lipinski definition) is 1. The Morgan fingerprint density at radius 3 is 2.72 bits per heavy atom. The summed E-state index contributed by atoms with van der Waals surface area (Å²) in [5.41, 5.74) is 4.34. The van der Waals surface area contributed by atoms with Gasteiger partial charge in [-0.2, -0.15) is 0 Å². The van der Waals surface area contributed by atoms with Crippen LogP contribution in [-0.2, 0) is 0 Å². The highest BCUT2D eigenvalue weighted by molar-refractivity contribution is 6.30. The lowest BCUT2D eigenvalue weighted by atomic mass is 9.89. The van der Waals surface area contributed by atoms with Gasteiger partial charge in [0.1, 0.15) is 0 Å². The van der Waals surface area contributed by atoms with Gasteiger partial charge in [-0.15, -0.1) is 0 Å². The van der Waals surface area contributed by atoms with E-state index in [1.165, 1.54) is 11.1 Å². The number of nitrogens with zero attached hydrogens (tertiary/aromatic N) is 2. The van der Waals surface area contributed by atoms with E-state index < -0.39 is 0 Å². The molecule has 1 fully saturated rings. The molecule has 0 bridgehead atoms. The first-order valence-electron chi connectivity index (χ1n) is 8.68. The fourth-order valence-corrected chi connectivity index (χ4v) is 4.19. The van der Waals surface area contributed by atoms with Gasteiger partial charge in [0, 0.05) is 34.9 Å². The van der Waals surface area contributed by atoms with Crippen LogP contribution < -0.4 is 10.2 Å². The molecule has 2 aliphatic heterocycles. The summed E-state index contributed by atoms with van der Waals surface area (Å²) in [6, 6.07) is 13.8. The molecule has 4 rings (SSSR count). The number of benzene rings is 2. The van der Waals surface area contributed by atoms with Crippen LogP contribution in [0.2, 0.25) is 5.02 Å². The molecule has 5 heteroatoms. The van der Waals surface area contributed by atoms with Crippen molar-refractivity contribution in [2.45, 2.75) is 25.3 Å². The number of piperidine rings is 1. The summed E-state index contributed by atoms with van der Waals surface area (Å²) in [4.78, 5) is 17.4. The van der Waals surface area contributed by atoms with Crippen LogP contribution in [0.1, 0.15) is 23.5 Å². The van der Waals surface area contributed by atoms with Crippen LogP contribution in [-0.4, -0.2) is 37.1 Å². The van der Waals surface area contributed by atoms with Crippen molar-refractivity contribution < 1.29 is 4.79 Å². The number of aryl methyl sites for hydroxylation is 1. The zero-order valence-corrected chi connectivity index (χ0v) is 15.3. The van der Waals surface area contributed by atoms with E-state index in [4.69, 9.17) is 11.6 Å². The zero-order chi connectivity index (χ0) is 17.6. The molecule has 0 saturated carbocycles. The van der Waals surface area contributed by atoms with Crippen LogP contribution in [0.5, 0.6) is 0 Å². The molecule has 0 aromatic heterocycles. The Morgan fingerprint density at radius 2 is 1.96 bits per heavy atom. The van der Waals surface area contributed by atoms with E-state index in [1.54, 1.807) is 12.1 Å². The van der Waals surface area contributed by atoms with Gasteiger partial charge >= 0.3 is 6.03 Å². The molecular weight excluding hydrogens is 334 g/mol. The number of carbonyl (C=O) groups excluding carboxylic acids is 1. The second kappa shape index (κ2) is 6.36. The minimum absolute atomic E-state index is 0.0653. The Morgan fingerprint density at radius 1 is 1.20 bits per heavy atom. The van der Waals surface area contributed by atoms with Gasteiger partial charge in [0.05, 0.1) is 0 Å². The Balaban J connectivity index is 1.66. The van der Waals surface area contributed by atoms with Crippen molar-refractivity contribution in [3.8, 4) is 0 Å². The summed E-state index contributed by atoms with van der Waals surface area (Å²) in [5, 5.41) is 3.69. The van der Waals surface area contributed by atoms with Crippen LogP contribution in [0.3, 0.4) is 0 Å². The van der Waals surface area contributed by atoms with Gasteiger partial charge in [0.2, 0.25) is 0 Å². The lowest BCUT2D eigenvalue weighted by Crippen LogP contribution is -2.48. The molecule has 1 N–H and O–H groups in total. The van der Waals surface area contributed by atoms with E-state index in [2.05, 4.69) is 42.4 Å². The van der Waals surface area contributed by atoms with Crippen LogP contribution in [0.15, 0.2) is 42.5 Å². The second-order valence-corrected chi connectivity index (χ2v) is 7.53. The van der Waals surface area contributed by atoms with Crippen molar-refractivity contribution in [2.24, 2.45) is 0 Å². The highest BCUT2D eigenvalue weighted by Gasteiger charge is 2.43. The number of carbonyl (C=O) groups is 1. The normalized spacial score (nSPS) is 22.4. The minimum atomic E-state index is -0.0653. The maximum Gasteiger partial charge on any atom is 0.326 e. The first-order chi connectivity index (χ1) is 12.0. The van der Waals surface area contributed by atoms with Gasteiger partial charge in [-0.05, 0) is 62.8 Å². The van der Waals surface area contributed by atoms with Gasteiger partial charge < -0.3 is 10.2 Å². The van der Waals surface area contributed by atoms with Crippen molar-refractivity contribution in [3.63, 3.8) is 0 Å². The van der Waals surface area contributed by atoms with Gasteiger partial charge in [-0.25, -0.2) is 4.79 Å². The van der Waals surface area contributed by atoms with E-state index in [1.807, 2.05) is 17.0 Å². The highest BCUT2D eigenvalue weighted by Crippen LogP contribution is 2.45. The lowest BCUT2D eigenvalue weighted by Gasteiger charge is -2.36. The molecule has 2 atom stereocenters. The van der Waals surface area contributed by atoms with Gasteiger partial charge in [0.25, 0.3) is 0 Å². The maximum atomic E-state index is 13.1. The van der Waals surface area contributed by atoms with Crippen LogP contribution in [0, 0.1) is 6.92 Å². The first-order valence-corrected chi connectivity index (χ1v) is 9.05. The summed E-state index contributed by atoms with van der Waals surface area (Å²) in [5.74, 6) is 0.379. The third-order valence-electron chi connectivity index (χ3n) is 5.27. The topological polar surface area (TPSA) is 35.6 Å². The van der Waals surface area contributed by atoms with Crippen molar-refractivity contribution >= 4 is 29.0 Å². The van der Waals surface area contributed by atoms with Crippen molar-refractivity contribution in [1.82, 2.24) is 4.90 Å². The summed E-state index contributed by atoms with van der Waals surface area (Å²) in [6.07, 6.45) is 0.989. The number of amides is 2. The number of likely N-dealkylation sites (N-methyl/N-ethyl adjacent to an activating group) is 1. The monoisotopic (exact) mass is 355 g/mol. The minimum Gasteiger partial charge on any atom is -0.308 e. The predicted molar refractivity (Wildman–Crippen MR) is 103 cm³/mol. The summed E-state index contributed by atoms with van der Waals surface area (Å²) < 4.78 is 0. The highest BCUT2D eigenvalue weighted by atomic mass is 35.5. The zero-order valence-electron chi connectivity index (χ0n) is 14.5. The fraction of sp³-hybridized carbons (Fsp3) is 0.350. The number of nitrogens with one attached hydrogen (secondary N) is 1. The van der Waals surface area contributed by atoms with E-state index >= 15 is 0 Å². The molecule has 2 aromatic carbocycles. The third-order valence-corrected chi connectivity index (χ3v) is 5.52. The van der Waals surface area contributed by atoms with E-state index in [9.17, 15) is 4.79 Å². The summed E-state index contributed by atoms with van der Waals surface area (Å²) >= 11 is 5.93. The number of fused-ring (bicyclic) bond motifs is 3. The molecule has 2 aliphatic rings. The fourth-order valence-electron chi connectivity index (χ4n) is 4.06. The Bertz CT molecular complexity index is 805. The average Bonchev–Trinajstić information content (AvgIpc) is 2.90. The van der Waals surface area contributed by atoms with Crippen molar-refractivity contribution in [1.29, 1.82) is 0 Å². The molecule has 25 heavy (non-hydrogen) atoms. The Labute approximate surface area is 153 Å².